The van der Waals surface area contributed by atoms with E-state index in [1.54, 1.807) is 0 Å². The molecule has 0 spiro atoms. The number of hydrogen-bond donors (Lipinski definition) is 1. The Balaban J connectivity index is 1.91. The van der Waals surface area contributed by atoms with Crippen LogP contribution in [0, 0.1) is 6.92 Å². The molecule has 0 aliphatic carbocycles. The maximum Gasteiger partial charge on any atom is 0.0874 e. The molecule has 1 aliphatic heterocycles. The normalized spacial score (nSPS) is 20.8. The molecule has 1 heterocycles. The predicted molar refractivity (Wildman–Crippen MR) is 67.1 cm³/mol. The van der Waals surface area contributed by atoms with E-state index in [1.807, 2.05) is 0 Å². The van der Waals surface area contributed by atoms with E-state index < -0.39 is 0 Å². The summed E-state index contributed by atoms with van der Waals surface area (Å²) in [7, 11) is 2.11. The van der Waals surface area contributed by atoms with Crippen molar-refractivity contribution in [2.24, 2.45) is 0 Å². The summed E-state index contributed by atoms with van der Waals surface area (Å²) < 4.78 is 5.69. The topological polar surface area (TPSA) is 24.5 Å². The summed E-state index contributed by atoms with van der Waals surface area (Å²) in [5.41, 5.74) is 2.55. The Hall–Kier alpha value is -1.06. The lowest BCUT2D eigenvalue weighted by atomic mass is 10.2. The molecule has 1 aliphatic rings. The van der Waals surface area contributed by atoms with Gasteiger partial charge in [-0.25, -0.2) is 0 Å². The first-order valence-electron chi connectivity index (χ1n) is 5.86. The summed E-state index contributed by atoms with van der Waals surface area (Å²) >= 11 is 0. The molecule has 1 aromatic rings. The van der Waals surface area contributed by atoms with Crippen LogP contribution in [-0.4, -0.2) is 39.4 Å². The molecule has 1 atom stereocenters. The van der Waals surface area contributed by atoms with E-state index in [2.05, 4.69) is 48.5 Å². The molecule has 0 bridgehead atoms. The second-order valence-electron chi connectivity index (χ2n) is 4.41. The largest absolute Gasteiger partial charge is 0.374 e. The van der Waals surface area contributed by atoms with Crippen molar-refractivity contribution in [3.63, 3.8) is 0 Å². The number of nitrogens with one attached hydrogen (secondary N) is 1. The number of aryl methyl sites for hydroxylation is 1. The highest BCUT2D eigenvalue weighted by Crippen LogP contribution is 2.14. The van der Waals surface area contributed by atoms with E-state index in [-0.39, 0.29) is 0 Å². The van der Waals surface area contributed by atoms with Gasteiger partial charge in [0.25, 0.3) is 0 Å². The van der Waals surface area contributed by atoms with Crippen molar-refractivity contribution in [1.29, 1.82) is 0 Å². The van der Waals surface area contributed by atoms with Gasteiger partial charge in [-0.2, -0.15) is 0 Å². The van der Waals surface area contributed by atoms with Crippen LogP contribution in [0.15, 0.2) is 24.3 Å². The molecule has 0 saturated carbocycles. The first-order chi connectivity index (χ1) is 7.75. The van der Waals surface area contributed by atoms with Gasteiger partial charge in [0.2, 0.25) is 0 Å². The Bertz CT molecular complexity index is 317. The number of nitrogens with zero attached hydrogens (tertiary/aromatic N) is 1. The van der Waals surface area contributed by atoms with Crippen LogP contribution in [0.2, 0.25) is 0 Å². The van der Waals surface area contributed by atoms with Gasteiger partial charge in [-0.05, 0) is 19.1 Å². The number of rotatable bonds is 3. The van der Waals surface area contributed by atoms with Crippen molar-refractivity contribution in [1.82, 2.24) is 5.32 Å². The Kier molecular flexibility index (Phi) is 3.80. The maximum absolute atomic E-state index is 5.69. The van der Waals surface area contributed by atoms with Crippen molar-refractivity contribution >= 4 is 5.69 Å². The monoisotopic (exact) mass is 220 g/mol. The van der Waals surface area contributed by atoms with E-state index in [1.165, 1.54) is 11.3 Å². The van der Waals surface area contributed by atoms with Crippen molar-refractivity contribution in [2.45, 2.75) is 13.0 Å². The minimum atomic E-state index is 0.306. The van der Waals surface area contributed by atoms with Crippen LogP contribution in [-0.2, 0) is 4.74 Å². The van der Waals surface area contributed by atoms with Crippen LogP contribution in [0.25, 0.3) is 0 Å². The molecule has 1 fully saturated rings. The lowest BCUT2D eigenvalue weighted by Crippen LogP contribution is -2.44. The number of anilines is 1. The zero-order chi connectivity index (χ0) is 11.4. The summed E-state index contributed by atoms with van der Waals surface area (Å²) in [6, 6.07) is 8.61. The van der Waals surface area contributed by atoms with Gasteiger partial charge < -0.3 is 15.0 Å². The van der Waals surface area contributed by atoms with Crippen LogP contribution >= 0.6 is 0 Å². The van der Waals surface area contributed by atoms with Gasteiger partial charge in [-0.1, -0.05) is 17.7 Å². The molecule has 88 valence electrons. The van der Waals surface area contributed by atoms with Crippen LogP contribution in [0.4, 0.5) is 5.69 Å². The predicted octanol–water partition coefficient (Wildman–Crippen LogP) is 1.42. The molecule has 1 unspecified atom stereocenters. The van der Waals surface area contributed by atoms with Gasteiger partial charge in [0.1, 0.15) is 0 Å². The first kappa shape index (κ1) is 11.4. The standard InChI is InChI=1S/C13H20N2O/c1-11-3-5-12(6-4-11)15(2)10-13-9-14-7-8-16-13/h3-6,13-14H,7-10H2,1-2H3. The van der Waals surface area contributed by atoms with E-state index in [0.29, 0.717) is 6.10 Å². The van der Waals surface area contributed by atoms with Gasteiger partial charge in [-0.3, -0.25) is 0 Å². The molecule has 0 radical (unpaired) electrons. The zero-order valence-corrected chi connectivity index (χ0v) is 10.1. The number of hydrogen-bond acceptors (Lipinski definition) is 3. The highest BCUT2D eigenvalue weighted by atomic mass is 16.5. The van der Waals surface area contributed by atoms with E-state index >= 15 is 0 Å². The fourth-order valence-corrected chi connectivity index (χ4v) is 1.95. The minimum Gasteiger partial charge on any atom is -0.374 e. The Morgan fingerprint density at radius 1 is 1.38 bits per heavy atom. The lowest BCUT2D eigenvalue weighted by Gasteiger charge is -2.29. The number of likely N-dealkylation sites (N-methyl/N-ethyl adjacent to an activating group) is 1. The molecule has 0 amide bonds. The van der Waals surface area contributed by atoms with Crippen molar-refractivity contribution < 1.29 is 4.74 Å². The van der Waals surface area contributed by atoms with Gasteiger partial charge in [0.15, 0.2) is 0 Å². The second kappa shape index (κ2) is 5.32. The summed E-state index contributed by atoms with van der Waals surface area (Å²) in [6.07, 6.45) is 0.306. The third kappa shape index (κ3) is 2.97. The number of ether oxygens (including phenoxy) is 1. The number of benzene rings is 1. The van der Waals surface area contributed by atoms with Crippen LogP contribution in [0.5, 0.6) is 0 Å². The summed E-state index contributed by atoms with van der Waals surface area (Å²) in [5, 5.41) is 3.35. The smallest absolute Gasteiger partial charge is 0.0874 e. The number of morpholine rings is 1. The molecule has 2 rings (SSSR count). The van der Waals surface area contributed by atoms with Crippen LogP contribution < -0.4 is 10.2 Å². The molecule has 1 aromatic carbocycles. The molecule has 1 saturated heterocycles. The Morgan fingerprint density at radius 3 is 2.75 bits per heavy atom. The highest BCUT2D eigenvalue weighted by molar-refractivity contribution is 5.46. The SMILES string of the molecule is Cc1ccc(N(C)CC2CNCCO2)cc1. The highest BCUT2D eigenvalue weighted by Gasteiger charge is 2.15. The van der Waals surface area contributed by atoms with Crippen LogP contribution in [0.3, 0.4) is 0 Å². The molecule has 0 aromatic heterocycles. The average molecular weight is 220 g/mol. The van der Waals surface area contributed by atoms with Crippen molar-refractivity contribution in [3.05, 3.63) is 29.8 Å². The lowest BCUT2D eigenvalue weighted by molar-refractivity contribution is 0.0340. The molecule has 1 N–H and O–H groups in total. The fourth-order valence-electron chi connectivity index (χ4n) is 1.95. The van der Waals surface area contributed by atoms with Gasteiger partial charge in [0.05, 0.1) is 12.7 Å². The first-order valence-corrected chi connectivity index (χ1v) is 5.86. The van der Waals surface area contributed by atoms with Gasteiger partial charge in [0, 0.05) is 32.4 Å². The quantitative estimate of drug-likeness (QED) is 0.834. The summed E-state index contributed by atoms with van der Waals surface area (Å²) in [4.78, 5) is 2.25. The molecule has 3 nitrogen and oxygen atoms in total. The van der Waals surface area contributed by atoms with E-state index in [4.69, 9.17) is 4.74 Å². The third-order valence-electron chi connectivity index (χ3n) is 2.96. The molecule has 3 heteroatoms. The van der Waals surface area contributed by atoms with E-state index in [9.17, 15) is 0 Å². The zero-order valence-electron chi connectivity index (χ0n) is 10.1. The summed E-state index contributed by atoms with van der Waals surface area (Å²) in [5.74, 6) is 0. The second-order valence-corrected chi connectivity index (χ2v) is 4.41. The fraction of sp³-hybridized carbons (Fsp3) is 0.538. The van der Waals surface area contributed by atoms with Gasteiger partial charge in [-0.15, -0.1) is 0 Å². The van der Waals surface area contributed by atoms with E-state index in [0.717, 1.165) is 26.2 Å². The Morgan fingerprint density at radius 2 is 2.12 bits per heavy atom. The third-order valence-corrected chi connectivity index (χ3v) is 2.96. The summed E-state index contributed by atoms with van der Waals surface area (Å²) in [6.45, 7) is 5.81. The Labute approximate surface area is 97.4 Å². The van der Waals surface area contributed by atoms with Gasteiger partial charge >= 0.3 is 0 Å². The molecular formula is C13H20N2O. The van der Waals surface area contributed by atoms with Crippen molar-refractivity contribution in [3.8, 4) is 0 Å². The molecule has 16 heavy (non-hydrogen) atoms. The maximum atomic E-state index is 5.69. The average Bonchev–Trinajstić information content (AvgIpc) is 2.31. The minimum absolute atomic E-state index is 0.306. The molecular weight excluding hydrogens is 200 g/mol. The van der Waals surface area contributed by atoms with Crippen LogP contribution in [0.1, 0.15) is 5.56 Å². The van der Waals surface area contributed by atoms with Crippen molar-refractivity contribution in [2.75, 3.05) is 38.2 Å².